The van der Waals surface area contributed by atoms with E-state index in [4.69, 9.17) is 4.74 Å². The second-order valence-corrected chi connectivity index (χ2v) is 6.33. The summed E-state index contributed by atoms with van der Waals surface area (Å²) in [6.45, 7) is 1.77. The monoisotopic (exact) mass is 275 g/mol. The molecule has 1 heterocycles. The Morgan fingerprint density at radius 2 is 1.90 bits per heavy atom. The van der Waals surface area contributed by atoms with E-state index in [2.05, 4.69) is 5.32 Å². The van der Waals surface area contributed by atoms with E-state index >= 15 is 0 Å². The summed E-state index contributed by atoms with van der Waals surface area (Å²) in [6.07, 6.45) is 8.77. The number of benzene rings is 1. The third-order valence-corrected chi connectivity index (χ3v) is 4.79. The highest BCUT2D eigenvalue weighted by Crippen LogP contribution is 2.38. The summed E-state index contributed by atoms with van der Waals surface area (Å²) in [7, 11) is 0. The van der Waals surface area contributed by atoms with Gasteiger partial charge in [-0.05, 0) is 43.4 Å². The van der Waals surface area contributed by atoms with Gasteiger partial charge < -0.3 is 15.2 Å². The molecular formula is C17H25NO2. The Bertz CT molecular complexity index is 418. The molecule has 0 amide bonds. The molecule has 1 aromatic rings. The Hall–Kier alpha value is -1.06. The van der Waals surface area contributed by atoms with Gasteiger partial charge in [0.25, 0.3) is 0 Å². The molecule has 1 saturated carbocycles. The van der Waals surface area contributed by atoms with Crippen LogP contribution in [0.4, 0.5) is 0 Å². The van der Waals surface area contributed by atoms with E-state index in [9.17, 15) is 5.11 Å². The maximum Gasteiger partial charge on any atom is 0.115 e. The molecule has 1 spiro atoms. The quantitative estimate of drug-likeness (QED) is 0.888. The van der Waals surface area contributed by atoms with E-state index in [1.807, 2.05) is 12.1 Å². The molecule has 1 aliphatic heterocycles. The van der Waals surface area contributed by atoms with Crippen molar-refractivity contribution < 1.29 is 9.84 Å². The van der Waals surface area contributed by atoms with Gasteiger partial charge in [0.15, 0.2) is 0 Å². The van der Waals surface area contributed by atoms with Crippen molar-refractivity contribution in [1.29, 1.82) is 0 Å². The van der Waals surface area contributed by atoms with Crippen LogP contribution in [0.3, 0.4) is 0 Å². The first-order chi connectivity index (χ1) is 9.76. The molecular weight excluding hydrogens is 250 g/mol. The lowest BCUT2D eigenvalue weighted by molar-refractivity contribution is -0.109. The summed E-state index contributed by atoms with van der Waals surface area (Å²) >= 11 is 0. The summed E-state index contributed by atoms with van der Waals surface area (Å²) in [4.78, 5) is 0. The van der Waals surface area contributed by atoms with E-state index in [0.717, 1.165) is 26.0 Å². The number of rotatable bonds is 3. The second kappa shape index (κ2) is 6.15. The molecule has 1 unspecified atom stereocenters. The Morgan fingerprint density at radius 3 is 2.65 bits per heavy atom. The summed E-state index contributed by atoms with van der Waals surface area (Å²) < 4.78 is 6.13. The highest BCUT2D eigenvalue weighted by Gasteiger charge is 2.38. The third kappa shape index (κ3) is 3.33. The van der Waals surface area contributed by atoms with Crippen LogP contribution >= 0.6 is 0 Å². The van der Waals surface area contributed by atoms with Crippen LogP contribution in [-0.4, -0.2) is 23.4 Å². The molecule has 2 N–H and O–H groups in total. The van der Waals surface area contributed by atoms with Crippen molar-refractivity contribution in [1.82, 2.24) is 5.32 Å². The third-order valence-electron chi connectivity index (χ3n) is 4.79. The average Bonchev–Trinajstić information content (AvgIpc) is 2.48. The lowest BCUT2D eigenvalue weighted by atomic mass is 9.78. The minimum Gasteiger partial charge on any atom is -0.508 e. The molecule has 20 heavy (non-hydrogen) atoms. The van der Waals surface area contributed by atoms with Crippen LogP contribution < -0.4 is 5.32 Å². The minimum absolute atomic E-state index is 0.170. The maximum absolute atomic E-state index is 9.30. The van der Waals surface area contributed by atoms with Crippen molar-refractivity contribution in [3.05, 3.63) is 29.8 Å². The highest BCUT2D eigenvalue weighted by molar-refractivity contribution is 5.25. The molecule has 3 rings (SSSR count). The average molecular weight is 275 g/mol. The molecule has 1 atom stereocenters. The van der Waals surface area contributed by atoms with Gasteiger partial charge in [-0.15, -0.1) is 0 Å². The Morgan fingerprint density at radius 1 is 1.15 bits per heavy atom. The molecule has 3 nitrogen and oxygen atoms in total. The van der Waals surface area contributed by atoms with Gasteiger partial charge in [0.1, 0.15) is 5.75 Å². The first-order valence-electron chi connectivity index (χ1n) is 7.91. The molecule has 0 radical (unpaired) electrons. The molecule has 2 fully saturated rings. The first-order valence-corrected chi connectivity index (χ1v) is 7.91. The molecule has 1 saturated heterocycles. The number of hydrogen-bond acceptors (Lipinski definition) is 3. The minimum atomic E-state index is 0.170. The van der Waals surface area contributed by atoms with Gasteiger partial charge in [-0.25, -0.2) is 0 Å². The van der Waals surface area contributed by atoms with Crippen LogP contribution in [0.2, 0.25) is 0 Å². The fourth-order valence-corrected chi connectivity index (χ4v) is 3.62. The van der Waals surface area contributed by atoms with E-state index in [1.54, 1.807) is 12.1 Å². The molecule has 2 aliphatic rings. The zero-order chi connectivity index (χ0) is 13.8. The fraction of sp³-hybridized carbons (Fsp3) is 0.647. The summed E-state index contributed by atoms with van der Waals surface area (Å²) in [5.41, 5.74) is 1.40. The van der Waals surface area contributed by atoms with Crippen LogP contribution in [-0.2, 0) is 11.3 Å². The highest BCUT2D eigenvalue weighted by atomic mass is 16.5. The van der Waals surface area contributed by atoms with Crippen LogP contribution in [0, 0.1) is 0 Å². The largest absolute Gasteiger partial charge is 0.508 e. The zero-order valence-electron chi connectivity index (χ0n) is 12.1. The normalized spacial score (nSPS) is 25.7. The van der Waals surface area contributed by atoms with Crippen LogP contribution in [0.15, 0.2) is 24.3 Å². The summed E-state index contributed by atoms with van der Waals surface area (Å²) in [5, 5.41) is 13.0. The van der Waals surface area contributed by atoms with E-state index in [0.29, 0.717) is 11.8 Å². The maximum atomic E-state index is 9.30. The Kier molecular flexibility index (Phi) is 4.27. The number of nitrogens with one attached hydrogen (secondary N) is 1. The smallest absolute Gasteiger partial charge is 0.115 e. The molecule has 0 bridgehead atoms. The van der Waals surface area contributed by atoms with E-state index in [1.165, 1.54) is 37.7 Å². The van der Waals surface area contributed by atoms with E-state index < -0.39 is 0 Å². The van der Waals surface area contributed by atoms with Gasteiger partial charge >= 0.3 is 0 Å². The van der Waals surface area contributed by atoms with Crippen molar-refractivity contribution in [3.8, 4) is 5.75 Å². The van der Waals surface area contributed by atoms with Gasteiger partial charge in [-0.2, -0.15) is 0 Å². The van der Waals surface area contributed by atoms with Gasteiger partial charge in [-0.1, -0.05) is 31.4 Å². The van der Waals surface area contributed by atoms with Crippen molar-refractivity contribution in [2.45, 2.75) is 63.1 Å². The first kappa shape index (κ1) is 13.9. The standard InChI is InChI=1S/C17H25NO2/c19-16-6-4-14(5-7-16)13-18-15-8-11-20-17(12-15)9-2-1-3-10-17/h4-7,15,18-19H,1-3,8-13H2. The van der Waals surface area contributed by atoms with Crippen molar-refractivity contribution in [3.63, 3.8) is 0 Å². The van der Waals surface area contributed by atoms with Crippen LogP contribution in [0.5, 0.6) is 5.75 Å². The predicted molar refractivity (Wildman–Crippen MR) is 79.7 cm³/mol. The van der Waals surface area contributed by atoms with Gasteiger partial charge in [-0.3, -0.25) is 0 Å². The lowest BCUT2D eigenvalue weighted by Gasteiger charge is -2.43. The molecule has 3 heteroatoms. The summed E-state index contributed by atoms with van der Waals surface area (Å²) in [6, 6.07) is 8.04. The zero-order valence-corrected chi connectivity index (χ0v) is 12.1. The van der Waals surface area contributed by atoms with Crippen LogP contribution in [0.1, 0.15) is 50.5 Å². The lowest BCUT2D eigenvalue weighted by Crippen LogP contribution is -2.47. The molecule has 0 aromatic heterocycles. The van der Waals surface area contributed by atoms with Crippen molar-refractivity contribution in [2.24, 2.45) is 0 Å². The topological polar surface area (TPSA) is 41.5 Å². The number of phenols is 1. The SMILES string of the molecule is Oc1ccc(CNC2CCOC3(CCCCC3)C2)cc1. The summed E-state index contributed by atoms with van der Waals surface area (Å²) in [5.74, 6) is 0.334. The number of phenolic OH excluding ortho intramolecular Hbond substituents is 1. The van der Waals surface area contributed by atoms with Gasteiger partial charge in [0.2, 0.25) is 0 Å². The Labute approximate surface area is 121 Å². The van der Waals surface area contributed by atoms with Gasteiger partial charge in [0, 0.05) is 19.2 Å². The Balaban J connectivity index is 1.53. The fourth-order valence-electron chi connectivity index (χ4n) is 3.62. The molecule has 1 aromatic carbocycles. The number of ether oxygens (including phenoxy) is 1. The number of hydrogen-bond donors (Lipinski definition) is 2. The van der Waals surface area contributed by atoms with Crippen molar-refractivity contribution >= 4 is 0 Å². The van der Waals surface area contributed by atoms with E-state index in [-0.39, 0.29) is 5.60 Å². The van der Waals surface area contributed by atoms with Gasteiger partial charge in [0.05, 0.1) is 5.60 Å². The second-order valence-electron chi connectivity index (χ2n) is 6.33. The van der Waals surface area contributed by atoms with Crippen molar-refractivity contribution in [2.75, 3.05) is 6.61 Å². The van der Waals surface area contributed by atoms with Crippen LogP contribution in [0.25, 0.3) is 0 Å². The predicted octanol–water partition coefficient (Wildman–Crippen LogP) is 3.36. The number of aromatic hydroxyl groups is 1. The molecule has 1 aliphatic carbocycles. The molecule has 110 valence electrons.